The molecule has 0 aliphatic heterocycles. The van der Waals surface area contributed by atoms with Gasteiger partial charge in [0.1, 0.15) is 6.10 Å². The minimum Gasteiger partial charge on any atom is -0.370 e. The molecule has 0 spiro atoms. The van der Waals surface area contributed by atoms with Gasteiger partial charge in [0.25, 0.3) is 0 Å². The van der Waals surface area contributed by atoms with E-state index in [1.165, 1.54) is 0 Å². The minimum atomic E-state index is -0.181. The summed E-state index contributed by atoms with van der Waals surface area (Å²) in [6.45, 7) is 8.80. The monoisotopic (exact) mass is 249 g/mol. The fraction of sp³-hybridized carbons (Fsp3) is 0.769. The number of aromatic nitrogens is 2. The molecule has 0 N–H and O–H groups in total. The van der Waals surface area contributed by atoms with E-state index in [1.54, 1.807) is 0 Å². The Kier molecular flexibility index (Phi) is 3.40. The third kappa shape index (κ3) is 2.54. The van der Waals surface area contributed by atoms with Gasteiger partial charge in [0.2, 0.25) is 11.7 Å². The lowest BCUT2D eigenvalue weighted by molar-refractivity contribution is -0.0203. The number of ether oxygens (including phenoxy) is 1. The molecule has 98 valence electrons. The zero-order valence-corrected chi connectivity index (χ0v) is 11.3. The van der Waals surface area contributed by atoms with Crippen LogP contribution < -0.4 is 0 Å². The topological polar surface area (TPSA) is 71.9 Å². The molecule has 1 aromatic rings. The second-order valence-corrected chi connectivity index (χ2v) is 5.77. The number of nitrogens with zero attached hydrogens (tertiary/aromatic N) is 3. The molecule has 5 heteroatoms. The van der Waals surface area contributed by atoms with Crippen molar-refractivity contribution in [1.29, 1.82) is 5.26 Å². The number of hydrogen-bond acceptors (Lipinski definition) is 5. The van der Waals surface area contributed by atoms with Gasteiger partial charge in [-0.05, 0) is 18.8 Å². The fourth-order valence-electron chi connectivity index (χ4n) is 1.99. The van der Waals surface area contributed by atoms with Gasteiger partial charge >= 0.3 is 0 Å². The predicted molar refractivity (Wildman–Crippen MR) is 64.6 cm³/mol. The van der Waals surface area contributed by atoms with Crippen LogP contribution in [0.25, 0.3) is 0 Å². The van der Waals surface area contributed by atoms with Crippen LogP contribution in [0.15, 0.2) is 4.52 Å². The lowest BCUT2D eigenvalue weighted by Gasteiger charge is -2.27. The highest BCUT2D eigenvalue weighted by molar-refractivity contribution is 5.15. The standard InChI is InChI=1S/C13H19N3O2/c1-5-17-10(13(2,3)4)11-15-12(18-16-11)9-6-8(9)7-14/h8-10H,5-6H2,1-4H3. The second kappa shape index (κ2) is 4.69. The van der Waals surface area contributed by atoms with Crippen molar-refractivity contribution in [3.63, 3.8) is 0 Å². The normalized spacial score (nSPS) is 24.6. The van der Waals surface area contributed by atoms with Crippen molar-refractivity contribution in [2.75, 3.05) is 6.61 Å². The van der Waals surface area contributed by atoms with Crippen molar-refractivity contribution in [1.82, 2.24) is 10.1 Å². The molecule has 3 unspecified atom stereocenters. The van der Waals surface area contributed by atoms with Crippen molar-refractivity contribution >= 4 is 0 Å². The first-order valence-electron chi connectivity index (χ1n) is 6.32. The van der Waals surface area contributed by atoms with Gasteiger partial charge in [-0.2, -0.15) is 10.2 Å². The Morgan fingerprint density at radius 1 is 1.56 bits per heavy atom. The Morgan fingerprint density at radius 2 is 2.28 bits per heavy atom. The van der Waals surface area contributed by atoms with Gasteiger partial charge in [0.15, 0.2) is 0 Å². The highest BCUT2D eigenvalue weighted by Crippen LogP contribution is 2.46. The summed E-state index contributed by atoms with van der Waals surface area (Å²) in [5.74, 6) is 1.32. The molecule has 1 aliphatic carbocycles. The maximum absolute atomic E-state index is 8.80. The summed E-state index contributed by atoms with van der Waals surface area (Å²) in [6, 6.07) is 2.22. The SMILES string of the molecule is CCOC(c1noc(C2CC2C#N)n1)C(C)(C)C. The first-order chi connectivity index (χ1) is 8.47. The number of nitriles is 1. The molecule has 1 fully saturated rings. The summed E-state index contributed by atoms with van der Waals surface area (Å²) in [7, 11) is 0. The van der Waals surface area contributed by atoms with E-state index in [4.69, 9.17) is 14.5 Å². The summed E-state index contributed by atoms with van der Waals surface area (Å²) in [5, 5.41) is 12.8. The first-order valence-corrected chi connectivity index (χ1v) is 6.32. The molecule has 0 aromatic carbocycles. The van der Waals surface area contributed by atoms with E-state index in [1.807, 2.05) is 6.92 Å². The summed E-state index contributed by atoms with van der Waals surface area (Å²) >= 11 is 0. The van der Waals surface area contributed by atoms with Gasteiger partial charge in [0, 0.05) is 6.61 Å². The molecule has 18 heavy (non-hydrogen) atoms. The largest absolute Gasteiger partial charge is 0.370 e. The van der Waals surface area contributed by atoms with Crippen molar-refractivity contribution < 1.29 is 9.26 Å². The van der Waals surface area contributed by atoms with Gasteiger partial charge < -0.3 is 9.26 Å². The smallest absolute Gasteiger partial charge is 0.231 e. The second-order valence-electron chi connectivity index (χ2n) is 5.77. The molecule has 1 saturated carbocycles. The highest BCUT2D eigenvalue weighted by Gasteiger charge is 2.44. The molecular weight excluding hydrogens is 230 g/mol. The highest BCUT2D eigenvalue weighted by atomic mass is 16.5. The first kappa shape index (κ1) is 13.0. The third-order valence-electron chi connectivity index (χ3n) is 3.09. The zero-order valence-electron chi connectivity index (χ0n) is 11.3. The number of hydrogen-bond donors (Lipinski definition) is 0. The molecule has 2 rings (SSSR count). The van der Waals surface area contributed by atoms with Crippen LogP contribution in [0.1, 0.15) is 57.9 Å². The summed E-state index contributed by atoms with van der Waals surface area (Å²) in [6.07, 6.45) is 0.645. The van der Waals surface area contributed by atoms with E-state index < -0.39 is 0 Å². The fourth-order valence-corrected chi connectivity index (χ4v) is 1.99. The van der Waals surface area contributed by atoms with Crippen LogP contribution >= 0.6 is 0 Å². The maximum atomic E-state index is 8.80. The minimum absolute atomic E-state index is 0.0403. The Labute approximate surface area is 107 Å². The summed E-state index contributed by atoms with van der Waals surface area (Å²) < 4.78 is 11.0. The molecule has 0 saturated heterocycles. The molecule has 0 amide bonds. The van der Waals surface area contributed by atoms with E-state index in [2.05, 4.69) is 37.0 Å². The van der Waals surface area contributed by atoms with Crippen molar-refractivity contribution in [3.8, 4) is 6.07 Å². The van der Waals surface area contributed by atoms with E-state index in [0.717, 1.165) is 6.42 Å². The summed E-state index contributed by atoms with van der Waals surface area (Å²) in [4.78, 5) is 4.40. The quantitative estimate of drug-likeness (QED) is 0.820. The van der Waals surface area contributed by atoms with Gasteiger partial charge in [0.05, 0.1) is 17.9 Å². The average molecular weight is 249 g/mol. The molecule has 1 aliphatic rings. The number of rotatable bonds is 4. The van der Waals surface area contributed by atoms with Crippen LogP contribution in [0.3, 0.4) is 0 Å². The molecule has 0 bridgehead atoms. The van der Waals surface area contributed by atoms with Crippen LogP contribution in [0, 0.1) is 22.7 Å². The maximum Gasteiger partial charge on any atom is 0.231 e. The van der Waals surface area contributed by atoms with Gasteiger partial charge in [-0.25, -0.2) is 0 Å². The average Bonchev–Trinajstić information content (AvgIpc) is 2.94. The zero-order chi connectivity index (χ0) is 13.3. The molecule has 5 nitrogen and oxygen atoms in total. The van der Waals surface area contributed by atoms with Crippen LogP contribution in [0.2, 0.25) is 0 Å². The van der Waals surface area contributed by atoms with Crippen LogP contribution in [-0.4, -0.2) is 16.7 Å². The van der Waals surface area contributed by atoms with Crippen LogP contribution in [0.4, 0.5) is 0 Å². The van der Waals surface area contributed by atoms with E-state index >= 15 is 0 Å². The van der Waals surface area contributed by atoms with Gasteiger partial charge in [-0.15, -0.1) is 0 Å². The Bertz CT molecular complexity index is 456. The van der Waals surface area contributed by atoms with Crippen LogP contribution in [0.5, 0.6) is 0 Å². The molecule has 1 heterocycles. The third-order valence-corrected chi connectivity index (χ3v) is 3.09. The van der Waals surface area contributed by atoms with Crippen molar-refractivity contribution in [2.24, 2.45) is 11.3 Å². The Morgan fingerprint density at radius 3 is 2.78 bits per heavy atom. The van der Waals surface area contributed by atoms with E-state index in [0.29, 0.717) is 18.3 Å². The van der Waals surface area contributed by atoms with E-state index in [-0.39, 0.29) is 23.4 Å². The molecular formula is C13H19N3O2. The summed E-state index contributed by atoms with van der Waals surface area (Å²) in [5.41, 5.74) is -0.0880. The van der Waals surface area contributed by atoms with Crippen molar-refractivity contribution in [2.45, 2.75) is 46.1 Å². The van der Waals surface area contributed by atoms with Gasteiger partial charge in [-0.3, -0.25) is 0 Å². The molecule has 3 atom stereocenters. The molecule has 1 aromatic heterocycles. The van der Waals surface area contributed by atoms with Gasteiger partial charge in [-0.1, -0.05) is 25.9 Å². The van der Waals surface area contributed by atoms with Crippen molar-refractivity contribution in [3.05, 3.63) is 11.7 Å². The van der Waals surface area contributed by atoms with Crippen LogP contribution in [-0.2, 0) is 4.74 Å². The Hall–Kier alpha value is -1.41. The lowest BCUT2D eigenvalue weighted by Crippen LogP contribution is -2.22. The molecule has 0 radical (unpaired) electrons. The Balaban J connectivity index is 2.15. The predicted octanol–water partition coefficient (Wildman–Crippen LogP) is 2.82. The van der Waals surface area contributed by atoms with E-state index in [9.17, 15) is 0 Å². The lowest BCUT2D eigenvalue weighted by atomic mass is 9.88.